The van der Waals surface area contributed by atoms with Crippen LogP contribution in [0.25, 0.3) is 0 Å². The highest BCUT2D eigenvalue weighted by Crippen LogP contribution is 2.27. The first-order chi connectivity index (χ1) is 10.2. The molecule has 4 heteroatoms. The number of nitrogens with one attached hydrogen (secondary N) is 1. The van der Waals surface area contributed by atoms with Gasteiger partial charge in [-0.3, -0.25) is 4.79 Å². The van der Waals surface area contributed by atoms with Crippen molar-refractivity contribution in [1.29, 1.82) is 0 Å². The quantitative estimate of drug-likeness (QED) is 0.506. The van der Waals surface area contributed by atoms with Crippen LogP contribution >= 0.6 is 11.8 Å². The van der Waals surface area contributed by atoms with Crippen LogP contribution in [0.4, 0.5) is 5.69 Å². The standard InChI is InChI=1S/C17H26N2OS/c1-3-13-21-16-8-6-5-7-15(16)19-17(20)10-9-14(4-2)11-12-18/h3,5-8,14H,1,4,9-13,18H2,2H3,(H,19,20). The van der Waals surface area contributed by atoms with E-state index in [4.69, 9.17) is 5.73 Å². The predicted molar refractivity (Wildman–Crippen MR) is 92.7 cm³/mol. The SMILES string of the molecule is C=CCSc1ccccc1NC(=O)CCC(CC)CCN. The number of benzene rings is 1. The molecule has 0 saturated carbocycles. The van der Waals surface area contributed by atoms with Crippen molar-refractivity contribution in [3.63, 3.8) is 0 Å². The summed E-state index contributed by atoms with van der Waals surface area (Å²) < 4.78 is 0. The van der Waals surface area contributed by atoms with Crippen LogP contribution < -0.4 is 11.1 Å². The summed E-state index contributed by atoms with van der Waals surface area (Å²) in [5, 5.41) is 3.02. The number of para-hydroxylation sites is 1. The molecule has 1 unspecified atom stereocenters. The van der Waals surface area contributed by atoms with Crippen molar-refractivity contribution in [2.75, 3.05) is 17.6 Å². The first-order valence-corrected chi connectivity index (χ1v) is 8.52. The molecule has 0 heterocycles. The van der Waals surface area contributed by atoms with Gasteiger partial charge >= 0.3 is 0 Å². The number of nitrogens with two attached hydrogens (primary N) is 1. The van der Waals surface area contributed by atoms with E-state index >= 15 is 0 Å². The highest BCUT2D eigenvalue weighted by Gasteiger charge is 2.10. The van der Waals surface area contributed by atoms with Gasteiger partial charge in [-0.25, -0.2) is 0 Å². The molecule has 0 bridgehead atoms. The Kier molecular flexibility index (Phi) is 8.87. The minimum absolute atomic E-state index is 0.0807. The third-order valence-corrected chi connectivity index (χ3v) is 4.52. The Balaban J connectivity index is 2.52. The van der Waals surface area contributed by atoms with E-state index in [0.29, 0.717) is 18.9 Å². The van der Waals surface area contributed by atoms with Gasteiger partial charge in [-0.2, -0.15) is 0 Å². The van der Waals surface area contributed by atoms with Gasteiger partial charge < -0.3 is 11.1 Å². The van der Waals surface area contributed by atoms with Gasteiger partial charge in [-0.05, 0) is 37.4 Å². The van der Waals surface area contributed by atoms with Gasteiger partial charge in [0.1, 0.15) is 0 Å². The normalized spacial score (nSPS) is 11.9. The van der Waals surface area contributed by atoms with E-state index in [1.807, 2.05) is 30.3 Å². The summed E-state index contributed by atoms with van der Waals surface area (Å²) in [6.07, 6.45) is 5.40. The fourth-order valence-corrected chi connectivity index (χ4v) is 2.93. The average Bonchev–Trinajstić information content (AvgIpc) is 2.50. The van der Waals surface area contributed by atoms with Crippen molar-refractivity contribution in [3.05, 3.63) is 36.9 Å². The number of thioether (sulfide) groups is 1. The molecule has 3 nitrogen and oxygen atoms in total. The Morgan fingerprint density at radius 3 is 2.86 bits per heavy atom. The lowest BCUT2D eigenvalue weighted by molar-refractivity contribution is -0.116. The first kappa shape index (κ1) is 17.8. The van der Waals surface area contributed by atoms with Crippen LogP contribution in [0.1, 0.15) is 32.6 Å². The highest BCUT2D eigenvalue weighted by molar-refractivity contribution is 7.99. The molecule has 0 aliphatic heterocycles. The number of anilines is 1. The molecule has 0 aliphatic rings. The lowest BCUT2D eigenvalue weighted by Gasteiger charge is -2.14. The number of carbonyl (C=O) groups excluding carboxylic acids is 1. The monoisotopic (exact) mass is 306 g/mol. The highest BCUT2D eigenvalue weighted by atomic mass is 32.2. The molecule has 0 saturated heterocycles. The Morgan fingerprint density at radius 2 is 2.19 bits per heavy atom. The zero-order valence-corrected chi connectivity index (χ0v) is 13.6. The maximum absolute atomic E-state index is 12.1. The molecule has 0 radical (unpaired) electrons. The molecular weight excluding hydrogens is 280 g/mol. The van der Waals surface area contributed by atoms with Crippen LogP contribution in [0.3, 0.4) is 0 Å². The minimum Gasteiger partial charge on any atom is -0.330 e. The summed E-state index contributed by atoms with van der Waals surface area (Å²) in [4.78, 5) is 13.2. The zero-order valence-electron chi connectivity index (χ0n) is 12.8. The second kappa shape index (κ2) is 10.5. The maximum atomic E-state index is 12.1. The Bertz CT molecular complexity index is 448. The number of amides is 1. The molecule has 3 N–H and O–H groups in total. The van der Waals surface area contributed by atoms with Crippen LogP contribution in [0.5, 0.6) is 0 Å². The summed E-state index contributed by atoms with van der Waals surface area (Å²) in [6.45, 7) is 6.57. The molecule has 1 aromatic carbocycles. The van der Waals surface area contributed by atoms with Crippen molar-refractivity contribution in [1.82, 2.24) is 0 Å². The maximum Gasteiger partial charge on any atom is 0.224 e. The van der Waals surface area contributed by atoms with E-state index in [2.05, 4.69) is 18.8 Å². The molecule has 116 valence electrons. The van der Waals surface area contributed by atoms with Crippen molar-refractivity contribution in [2.24, 2.45) is 11.7 Å². The molecule has 1 atom stereocenters. The van der Waals surface area contributed by atoms with Gasteiger partial charge in [0, 0.05) is 17.1 Å². The first-order valence-electron chi connectivity index (χ1n) is 7.53. The number of hydrogen-bond acceptors (Lipinski definition) is 3. The summed E-state index contributed by atoms with van der Waals surface area (Å²) in [7, 11) is 0. The van der Waals surface area contributed by atoms with Crippen molar-refractivity contribution in [2.45, 2.75) is 37.5 Å². The van der Waals surface area contributed by atoms with Gasteiger partial charge in [0.15, 0.2) is 0 Å². The molecule has 1 aromatic rings. The average molecular weight is 306 g/mol. The number of carbonyl (C=O) groups is 1. The van der Waals surface area contributed by atoms with E-state index in [0.717, 1.165) is 35.6 Å². The van der Waals surface area contributed by atoms with Gasteiger partial charge in [-0.1, -0.05) is 31.6 Å². The Morgan fingerprint density at radius 1 is 1.43 bits per heavy atom. The van der Waals surface area contributed by atoms with E-state index in [9.17, 15) is 4.79 Å². The molecule has 21 heavy (non-hydrogen) atoms. The molecular formula is C17H26N2OS. The van der Waals surface area contributed by atoms with Crippen molar-refractivity contribution < 1.29 is 4.79 Å². The number of rotatable bonds is 10. The topological polar surface area (TPSA) is 55.1 Å². The largest absolute Gasteiger partial charge is 0.330 e. The van der Waals surface area contributed by atoms with Crippen molar-refractivity contribution >= 4 is 23.4 Å². The molecule has 0 fully saturated rings. The third kappa shape index (κ3) is 6.82. The van der Waals surface area contributed by atoms with Gasteiger partial charge in [-0.15, -0.1) is 18.3 Å². The Labute approximate surface area is 132 Å². The summed E-state index contributed by atoms with van der Waals surface area (Å²) in [6, 6.07) is 7.89. The second-order valence-electron chi connectivity index (χ2n) is 5.03. The van der Waals surface area contributed by atoms with E-state index < -0.39 is 0 Å². The summed E-state index contributed by atoms with van der Waals surface area (Å²) in [5.41, 5.74) is 6.48. The van der Waals surface area contributed by atoms with Crippen LogP contribution in [0.15, 0.2) is 41.8 Å². The predicted octanol–water partition coefficient (Wildman–Crippen LogP) is 4.06. The van der Waals surface area contributed by atoms with E-state index in [-0.39, 0.29) is 5.91 Å². The fourth-order valence-electron chi connectivity index (χ4n) is 2.18. The van der Waals surface area contributed by atoms with Gasteiger partial charge in [0.25, 0.3) is 0 Å². The van der Waals surface area contributed by atoms with Crippen LogP contribution in [-0.2, 0) is 4.79 Å². The van der Waals surface area contributed by atoms with Gasteiger partial charge in [0.2, 0.25) is 5.91 Å². The third-order valence-electron chi connectivity index (χ3n) is 3.45. The molecule has 1 amide bonds. The molecule has 0 aromatic heterocycles. The summed E-state index contributed by atoms with van der Waals surface area (Å²) >= 11 is 1.68. The van der Waals surface area contributed by atoms with Crippen LogP contribution in [0, 0.1) is 5.92 Å². The smallest absolute Gasteiger partial charge is 0.224 e. The van der Waals surface area contributed by atoms with Crippen LogP contribution in [0.2, 0.25) is 0 Å². The Hall–Kier alpha value is -1.26. The van der Waals surface area contributed by atoms with Crippen molar-refractivity contribution in [3.8, 4) is 0 Å². The summed E-state index contributed by atoms with van der Waals surface area (Å²) in [5.74, 6) is 1.46. The van der Waals surface area contributed by atoms with E-state index in [1.165, 1.54) is 0 Å². The van der Waals surface area contributed by atoms with E-state index in [1.54, 1.807) is 11.8 Å². The molecule has 0 aliphatic carbocycles. The van der Waals surface area contributed by atoms with Crippen LogP contribution in [-0.4, -0.2) is 18.2 Å². The zero-order chi connectivity index (χ0) is 15.5. The lowest BCUT2D eigenvalue weighted by Crippen LogP contribution is -2.15. The lowest BCUT2D eigenvalue weighted by atomic mass is 9.96. The molecule has 1 rings (SSSR count). The minimum atomic E-state index is 0.0807. The fraction of sp³-hybridized carbons (Fsp3) is 0.471. The molecule has 0 spiro atoms. The second-order valence-corrected chi connectivity index (χ2v) is 6.10. The number of hydrogen-bond donors (Lipinski definition) is 2. The van der Waals surface area contributed by atoms with Gasteiger partial charge in [0.05, 0.1) is 5.69 Å².